The van der Waals surface area contributed by atoms with Crippen LogP contribution in [-0.2, 0) is 9.53 Å². The second kappa shape index (κ2) is 10.7. The molecule has 0 saturated carbocycles. The van der Waals surface area contributed by atoms with Crippen molar-refractivity contribution in [1.29, 1.82) is 0 Å². The van der Waals surface area contributed by atoms with Crippen LogP contribution in [-0.4, -0.2) is 39.8 Å². The Hall–Kier alpha value is -1.03. The van der Waals surface area contributed by atoms with E-state index in [4.69, 9.17) is 18.9 Å². The quantitative estimate of drug-likeness (QED) is 0.339. The Labute approximate surface area is 203 Å². The topological polar surface area (TPSA) is 83.1 Å². The van der Waals surface area contributed by atoms with E-state index in [0.29, 0.717) is 22.9 Å². The Morgan fingerprint density at radius 2 is 1.43 bits per heavy atom. The molecule has 0 unspecified atom stereocenters. The van der Waals surface area contributed by atoms with Gasteiger partial charge >= 0.3 is 5.97 Å². The van der Waals surface area contributed by atoms with Crippen molar-refractivity contribution in [2.75, 3.05) is 33.3 Å². The minimum atomic E-state index is -0.679. The van der Waals surface area contributed by atoms with Crippen molar-refractivity contribution in [1.82, 2.24) is 0 Å². The molecule has 0 bridgehead atoms. The molecule has 10 heteroatoms. The van der Waals surface area contributed by atoms with Crippen LogP contribution in [0.15, 0.2) is 24.3 Å². The summed E-state index contributed by atoms with van der Waals surface area (Å²) in [5.74, 6) is -0.108. The molecule has 0 aliphatic carbocycles. The maximum Gasteiger partial charge on any atom is 0.338 e. The molecule has 150 valence electrons. The van der Waals surface area contributed by atoms with Crippen molar-refractivity contribution in [2.45, 2.75) is 0 Å². The Balaban J connectivity index is 2.09. The van der Waals surface area contributed by atoms with Crippen LogP contribution in [0.3, 0.4) is 0 Å². The van der Waals surface area contributed by atoms with Gasteiger partial charge in [0.25, 0.3) is 5.91 Å². The van der Waals surface area contributed by atoms with Gasteiger partial charge in [0.1, 0.15) is 0 Å². The summed E-state index contributed by atoms with van der Waals surface area (Å²) in [6.45, 7) is -0.423. The van der Waals surface area contributed by atoms with Crippen molar-refractivity contribution in [3.8, 4) is 17.2 Å². The first-order valence-electron chi connectivity index (χ1n) is 7.72. The number of esters is 1. The van der Waals surface area contributed by atoms with E-state index in [9.17, 15) is 9.59 Å². The van der Waals surface area contributed by atoms with Gasteiger partial charge in [-0.2, -0.15) is 0 Å². The van der Waals surface area contributed by atoms with Gasteiger partial charge in [-0.3, -0.25) is 4.79 Å². The lowest BCUT2D eigenvalue weighted by Gasteiger charge is -2.14. The third-order valence-electron chi connectivity index (χ3n) is 3.51. The minimum Gasteiger partial charge on any atom is -0.493 e. The third kappa shape index (κ3) is 5.75. The van der Waals surface area contributed by atoms with Gasteiger partial charge in [0.15, 0.2) is 18.1 Å². The molecular formula is C18H16I3NO6. The van der Waals surface area contributed by atoms with Gasteiger partial charge < -0.3 is 24.3 Å². The van der Waals surface area contributed by atoms with Gasteiger partial charge in [-0.1, -0.05) is 0 Å². The molecular weight excluding hydrogens is 707 g/mol. The summed E-state index contributed by atoms with van der Waals surface area (Å²) in [6.07, 6.45) is 0. The molecule has 1 amide bonds. The maximum absolute atomic E-state index is 12.4. The maximum atomic E-state index is 12.4. The molecule has 1 N–H and O–H groups in total. The van der Waals surface area contributed by atoms with E-state index in [1.807, 2.05) is 12.1 Å². The number of hydrogen-bond acceptors (Lipinski definition) is 6. The van der Waals surface area contributed by atoms with Crippen molar-refractivity contribution < 1.29 is 28.5 Å². The molecule has 28 heavy (non-hydrogen) atoms. The highest BCUT2D eigenvalue weighted by Crippen LogP contribution is 2.38. The largest absolute Gasteiger partial charge is 0.493 e. The number of methoxy groups -OCH3 is 3. The SMILES string of the molecule is COc1cc(C(=O)OCC(=O)Nc2c(I)cc(I)cc2I)cc(OC)c1OC. The molecule has 0 fully saturated rings. The molecule has 0 aromatic heterocycles. The number of amides is 1. The first kappa shape index (κ1) is 23.3. The molecule has 0 heterocycles. The number of ether oxygens (including phenoxy) is 4. The second-order valence-electron chi connectivity index (χ2n) is 5.28. The fourth-order valence-corrected chi connectivity index (χ4v) is 6.10. The number of rotatable bonds is 7. The van der Waals surface area contributed by atoms with Gasteiger partial charge in [0, 0.05) is 10.7 Å². The summed E-state index contributed by atoms with van der Waals surface area (Å²) in [6, 6.07) is 6.82. The number of carbonyl (C=O) groups is 2. The Morgan fingerprint density at radius 1 is 0.893 bits per heavy atom. The molecule has 0 radical (unpaired) electrons. The molecule has 0 aliphatic rings. The van der Waals surface area contributed by atoms with Gasteiger partial charge in [-0.15, -0.1) is 0 Å². The lowest BCUT2D eigenvalue weighted by molar-refractivity contribution is -0.119. The average molecular weight is 723 g/mol. The molecule has 7 nitrogen and oxygen atoms in total. The Kier molecular flexibility index (Phi) is 8.85. The standard InChI is InChI=1S/C18H16I3NO6/c1-25-13-4-9(5-14(26-2)17(13)27-3)18(24)28-8-15(23)22-16-11(20)6-10(19)7-12(16)21/h4-7H,8H2,1-3H3,(H,22,23). The fourth-order valence-electron chi connectivity index (χ4n) is 2.25. The summed E-state index contributed by atoms with van der Waals surface area (Å²) in [5, 5.41) is 2.77. The monoisotopic (exact) mass is 723 g/mol. The lowest BCUT2D eigenvalue weighted by Crippen LogP contribution is -2.22. The van der Waals surface area contributed by atoms with Gasteiger partial charge in [-0.05, 0) is 92.0 Å². The fraction of sp³-hybridized carbons (Fsp3) is 0.222. The first-order chi connectivity index (χ1) is 13.3. The highest BCUT2D eigenvalue weighted by Gasteiger charge is 2.19. The smallest absolute Gasteiger partial charge is 0.338 e. The van der Waals surface area contributed by atoms with Crippen LogP contribution in [0.1, 0.15) is 10.4 Å². The van der Waals surface area contributed by atoms with Crippen LogP contribution in [0.2, 0.25) is 0 Å². The highest BCUT2D eigenvalue weighted by atomic mass is 127. The molecule has 0 aliphatic heterocycles. The van der Waals surface area contributed by atoms with Crippen LogP contribution in [0.4, 0.5) is 5.69 Å². The molecule has 2 rings (SSSR count). The van der Waals surface area contributed by atoms with E-state index in [-0.39, 0.29) is 5.56 Å². The lowest BCUT2D eigenvalue weighted by atomic mass is 10.2. The second-order valence-corrected chi connectivity index (χ2v) is 8.85. The number of halogens is 3. The molecule has 0 atom stereocenters. The summed E-state index contributed by atoms with van der Waals surface area (Å²) >= 11 is 6.50. The Bertz CT molecular complexity index is 855. The molecule has 2 aromatic rings. The van der Waals surface area contributed by atoms with Crippen LogP contribution >= 0.6 is 67.8 Å². The van der Waals surface area contributed by atoms with Crippen LogP contribution < -0.4 is 19.5 Å². The zero-order chi connectivity index (χ0) is 20.8. The number of benzene rings is 2. The summed E-state index contributed by atoms with van der Waals surface area (Å²) < 4.78 is 23.7. The van der Waals surface area contributed by atoms with E-state index in [2.05, 4.69) is 73.1 Å². The predicted octanol–water partition coefficient (Wildman–Crippen LogP) is 4.32. The van der Waals surface area contributed by atoms with Crippen molar-refractivity contribution in [3.05, 3.63) is 40.5 Å². The minimum absolute atomic E-state index is 0.181. The number of nitrogens with one attached hydrogen (secondary N) is 1. The van der Waals surface area contributed by atoms with E-state index >= 15 is 0 Å². The molecule has 2 aromatic carbocycles. The Morgan fingerprint density at radius 3 is 1.89 bits per heavy atom. The van der Waals surface area contributed by atoms with Gasteiger partial charge in [0.05, 0.1) is 32.6 Å². The zero-order valence-electron chi connectivity index (χ0n) is 15.1. The molecule has 0 saturated heterocycles. The summed E-state index contributed by atoms with van der Waals surface area (Å²) in [4.78, 5) is 24.6. The number of hydrogen-bond donors (Lipinski definition) is 1. The van der Waals surface area contributed by atoms with Crippen LogP contribution in [0.5, 0.6) is 17.2 Å². The van der Waals surface area contributed by atoms with Crippen LogP contribution in [0, 0.1) is 10.7 Å². The normalized spacial score (nSPS) is 10.2. The first-order valence-corrected chi connectivity index (χ1v) is 11.0. The van der Waals surface area contributed by atoms with Crippen molar-refractivity contribution in [3.63, 3.8) is 0 Å². The van der Waals surface area contributed by atoms with Gasteiger partial charge in [0.2, 0.25) is 5.75 Å². The zero-order valence-corrected chi connectivity index (χ0v) is 21.6. The summed E-state index contributed by atoms with van der Waals surface area (Å²) in [5.41, 5.74) is 0.871. The molecule has 0 spiro atoms. The average Bonchev–Trinajstić information content (AvgIpc) is 2.67. The van der Waals surface area contributed by atoms with Crippen molar-refractivity contribution >= 4 is 85.3 Å². The highest BCUT2D eigenvalue weighted by molar-refractivity contribution is 14.1. The number of carbonyl (C=O) groups excluding carboxylic acids is 2. The van der Waals surface area contributed by atoms with E-state index in [1.165, 1.54) is 33.5 Å². The van der Waals surface area contributed by atoms with E-state index < -0.39 is 18.5 Å². The third-order valence-corrected chi connectivity index (χ3v) is 5.83. The predicted molar refractivity (Wildman–Crippen MR) is 130 cm³/mol. The van der Waals surface area contributed by atoms with E-state index in [0.717, 1.165) is 10.7 Å². The van der Waals surface area contributed by atoms with E-state index in [1.54, 1.807) is 0 Å². The van der Waals surface area contributed by atoms with Crippen LogP contribution in [0.25, 0.3) is 0 Å². The summed E-state index contributed by atoms with van der Waals surface area (Å²) in [7, 11) is 4.37. The number of anilines is 1. The van der Waals surface area contributed by atoms with Gasteiger partial charge in [-0.25, -0.2) is 4.79 Å². The van der Waals surface area contributed by atoms with Crippen molar-refractivity contribution in [2.24, 2.45) is 0 Å².